The van der Waals surface area contributed by atoms with E-state index < -0.39 is 0 Å². The van der Waals surface area contributed by atoms with Crippen molar-refractivity contribution in [2.45, 2.75) is 31.8 Å². The molecule has 6 heteroatoms. The topological polar surface area (TPSA) is 50.2 Å². The van der Waals surface area contributed by atoms with Crippen molar-refractivity contribution in [1.29, 1.82) is 0 Å². The third kappa shape index (κ3) is 4.71. The van der Waals surface area contributed by atoms with Crippen LogP contribution >= 0.6 is 0 Å². The number of hydrogen-bond acceptors (Lipinski definition) is 3. The third-order valence-corrected chi connectivity index (χ3v) is 5.31. The monoisotopic (exact) mass is 392 g/mol. The number of anilines is 1. The standard InChI is InChI=1S/C23H25FN4O/c24-21-12-6-5-11-19(21)16-28-17-20(15-25-28)26-23(29)22(18-9-3-1-4-10-18)27-13-7-2-8-14-27/h1,3-6,9-12,15,17,22H,2,7-8,13-14,16H2,(H,26,29)/t22-/m1/s1. The van der Waals surface area contributed by atoms with Crippen LogP contribution in [0.2, 0.25) is 0 Å². The molecule has 1 aliphatic rings. The van der Waals surface area contributed by atoms with Crippen LogP contribution in [0, 0.1) is 5.82 Å². The normalized spacial score (nSPS) is 15.8. The van der Waals surface area contributed by atoms with Gasteiger partial charge in [0, 0.05) is 11.8 Å². The Morgan fingerprint density at radius 3 is 2.52 bits per heavy atom. The van der Waals surface area contributed by atoms with Crippen molar-refractivity contribution in [3.05, 3.63) is 83.9 Å². The van der Waals surface area contributed by atoms with E-state index >= 15 is 0 Å². The Hall–Kier alpha value is -2.99. The zero-order chi connectivity index (χ0) is 20.1. The number of carbonyl (C=O) groups excluding carboxylic acids is 1. The molecule has 0 bridgehead atoms. The van der Waals surface area contributed by atoms with Crippen molar-refractivity contribution in [3.8, 4) is 0 Å². The Kier molecular flexibility index (Phi) is 6.00. The molecule has 1 saturated heterocycles. The second-order valence-corrected chi connectivity index (χ2v) is 7.42. The van der Waals surface area contributed by atoms with Gasteiger partial charge < -0.3 is 5.32 Å². The van der Waals surface area contributed by atoms with Gasteiger partial charge in [-0.05, 0) is 37.6 Å². The van der Waals surface area contributed by atoms with Crippen molar-refractivity contribution in [1.82, 2.24) is 14.7 Å². The summed E-state index contributed by atoms with van der Waals surface area (Å²) in [5, 5.41) is 7.27. The summed E-state index contributed by atoms with van der Waals surface area (Å²) < 4.78 is 15.5. The van der Waals surface area contributed by atoms with E-state index in [0.717, 1.165) is 31.5 Å². The maximum absolute atomic E-state index is 13.9. The molecule has 0 radical (unpaired) electrons. The summed E-state index contributed by atoms with van der Waals surface area (Å²) in [6.45, 7) is 2.15. The van der Waals surface area contributed by atoms with E-state index in [9.17, 15) is 9.18 Å². The van der Waals surface area contributed by atoms with Crippen LogP contribution in [0.1, 0.15) is 36.4 Å². The molecule has 1 atom stereocenters. The molecule has 3 aromatic rings. The summed E-state index contributed by atoms with van der Waals surface area (Å²) in [6, 6.07) is 16.2. The van der Waals surface area contributed by atoms with Gasteiger partial charge >= 0.3 is 0 Å². The number of halogens is 1. The van der Waals surface area contributed by atoms with Crippen LogP contribution in [0.3, 0.4) is 0 Å². The highest BCUT2D eigenvalue weighted by Gasteiger charge is 2.28. The van der Waals surface area contributed by atoms with Crippen LogP contribution in [-0.2, 0) is 11.3 Å². The zero-order valence-electron chi connectivity index (χ0n) is 16.3. The first kappa shape index (κ1) is 19.3. The molecule has 0 unspecified atom stereocenters. The maximum atomic E-state index is 13.9. The van der Waals surface area contributed by atoms with E-state index in [1.807, 2.05) is 30.3 Å². The van der Waals surface area contributed by atoms with E-state index in [2.05, 4.69) is 15.3 Å². The summed E-state index contributed by atoms with van der Waals surface area (Å²) in [5.41, 5.74) is 2.17. The molecule has 1 N–H and O–H groups in total. The Labute approximate surface area is 170 Å². The van der Waals surface area contributed by atoms with Crippen LogP contribution in [0.4, 0.5) is 10.1 Å². The number of nitrogens with zero attached hydrogens (tertiary/aromatic N) is 3. The van der Waals surface area contributed by atoms with Crippen LogP contribution in [0.25, 0.3) is 0 Å². The number of rotatable bonds is 6. The first-order chi connectivity index (χ1) is 14.2. The highest BCUT2D eigenvalue weighted by atomic mass is 19.1. The Balaban J connectivity index is 1.49. The molecular weight excluding hydrogens is 367 g/mol. The lowest BCUT2D eigenvalue weighted by atomic mass is 10.0. The van der Waals surface area contributed by atoms with Gasteiger partial charge in [-0.3, -0.25) is 14.4 Å². The SMILES string of the molecule is O=C(Nc1cnn(Cc2ccccc2F)c1)[C@@H](c1ccccc1)N1CCCCC1. The van der Waals surface area contributed by atoms with Crippen molar-refractivity contribution in [2.75, 3.05) is 18.4 Å². The van der Waals surface area contributed by atoms with Crippen molar-refractivity contribution >= 4 is 11.6 Å². The molecule has 4 rings (SSSR count). The lowest BCUT2D eigenvalue weighted by Crippen LogP contribution is -2.40. The van der Waals surface area contributed by atoms with Gasteiger partial charge in [-0.1, -0.05) is 55.0 Å². The van der Waals surface area contributed by atoms with Gasteiger partial charge in [0.05, 0.1) is 18.4 Å². The first-order valence-electron chi connectivity index (χ1n) is 10.1. The molecule has 1 aromatic heterocycles. The summed E-state index contributed by atoms with van der Waals surface area (Å²) in [5.74, 6) is -0.327. The Morgan fingerprint density at radius 2 is 1.76 bits per heavy atom. The minimum atomic E-state index is -0.327. The fourth-order valence-electron chi connectivity index (χ4n) is 3.87. The second kappa shape index (κ2) is 9.01. The number of likely N-dealkylation sites (tertiary alicyclic amines) is 1. The van der Waals surface area contributed by atoms with Crippen molar-refractivity contribution in [2.24, 2.45) is 0 Å². The maximum Gasteiger partial charge on any atom is 0.246 e. The minimum absolute atomic E-state index is 0.0662. The second-order valence-electron chi connectivity index (χ2n) is 7.42. The van der Waals surface area contributed by atoms with Crippen molar-refractivity contribution in [3.63, 3.8) is 0 Å². The minimum Gasteiger partial charge on any atom is -0.322 e. The van der Waals surface area contributed by atoms with E-state index in [1.165, 1.54) is 12.5 Å². The number of aromatic nitrogens is 2. The summed E-state index contributed by atoms with van der Waals surface area (Å²) in [7, 11) is 0. The predicted octanol–water partition coefficient (Wildman–Crippen LogP) is 4.24. The highest BCUT2D eigenvalue weighted by Crippen LogP contribution is 2.26. The van der Waals surface area contributed by atoms with Gasteiger partial charge in [-0.15, -0.1) is 0 Å². The summed E-state index contributed by atoms with van der Waals surface area (Å²) >= 11 is 0. The number of amides is 1. The van der Waals surface area contributed by atoms with Gasteiger partial charge in [-0.2, -0.15) is 5.10 Å². The number of nitrogens with one attached hydrogen (secondary N) is 1. The zero-order valence-corrected chi connectivity index (χ0v) is 16.3. The third-order valence-electron chi connectivity index (χ3n) is 5.31. The Bertz CT molecular complexity index is 950. The molecule has 2 heterocycles. The molecule has 0 saturated carbocycles. The Morgan fingerprint density at radius 1 is 1.03 bits per heavy atom. The number of hydrogen-bond donors (Lipinski definition) is 1. The molecule has 1 fully saturated rings. The summed E-state index contributed by atoms with van der Waals surface area (Å²) in [4.78, 5) is 15.4. The number of piperidine rings is 1. The van der Waals surface area contributed by atoms with Gasteiger partial charge in [0.2, 0.25) is 5.91 Å². The van der Waals surface area contributed by atoms with Crippen LogP contribution < -0.4 is 5.32 Å². The lowest BCUT2D eigenvalue weighted by Gasteiger charge is -2.33. The summed E-state index contributed by atoms with van der Waals surface area (Å²) in [6.07, 6.45) is 6.77. The van der Waals surface area contributed by atoms with Gasteiger partial charge in [0.25, 0.3) is 0 Å². The molecule has 5 nitrogen and oxygen atoms in total. The van der Waals surface area contributed by atoms with Gasteiger partial charge in [0.15, 0.2) is 0 Å². The molecule has 0 spiro atoms. The van der Waals surface area contributed by atoms with E-state index in [1.54, 1.807) is 35.3 Å². The fraction of sp³-hybridized carbons (Fsp3) is 0.304. The average Bonchev–Trinajstić information content (AvgIpc) is 3.18. The molecule has 0 aliphatic carbocycles. The van der Waals surface area contributed by atoms with Crippen molar-refractivity contribution < 1.29 is 9.18 Å². The molecular formula is C23H25FN4O. The largest absolute Gasteiger partial charge is 0.322 e. The first-order valence-corrected chi connectivity index (χ1v) is 10.1. The smallest absolute Gasteiger partial charge is 0.246 e. The van der Waals surface area contributed by atoms with Gasteiger partial charge in [-0.25, -0.2) is 4.39 Å². The quantitative estimate of drug-likeness (QED) is 0.683. The molecule has 150 valence electrons. The molecule has 2 aromatic carbocycles. The van der Waals surface area contributed by atoms with Crippen LogP contribution in [0.5, 0.6) is 0 Å². The number of benzene rings is 2. The molecule has 1 aliphatic heterocycles. The van der Waals surface area contributed by atoms with Gasteiger partial charge in [0.1, 0.15) is 11.9 Å². The lowest BCUT2D eigenvalue weighted by molar-refractivity contribution is -0.122. The predicted molar refractivity (Wildman–Crippen MR) is 111 cm³/mol. The fourth-order valence-corrected chi connectivity index (χ4v) is 3.87. The average molecular weight is 392 g/mol. The highest BCUT2D eigenvalue weighted by molar-refractivity contribution is 5.95. The van der Waals surface area contributed by atoms with E-state index in [-0.39, 0.29) is 17.8 Å². The van der Waals surface area contributed by atoms with E-state index in [0.29, 0.717) is 17.8 Å². The van der Waals surface area contributed by atoms with Crippen LogP contribution in [-0.4, -0.2) is 33.7 Å². The number of carbonyl (C=O) groups is 1. The molecule has 1 amide bonds. The van der Waals surface area contributed by atoms with E-state index in [4.69, 9.17) is 0 Å². The molecule has 29 heavy (non-hydrogen) atoms. The van der Waals surface area contributed by atoms with Crippen LogP contribution in [0.15, 0.2) is 67.0 Å².